The first-order valence-electron chi connectivity index (χ1n) is 8.66. The smallest absolute Gasteiger partial charge is 0.308 e. The number of para-hydroxylation sites is 1. The maximum atomic E-state index is 12.0. The van der Waals surface area contributed by atoms with Crippen molar-refractivity contribution < 1.29 is 4.79 Å². The van der Waals surface area contributed by atoms with E-state index in [9.17, 15) is 4.79 Å². The van der Waals surface area contributed by atoms with E-state index < -0.39 is 0 Å². The first kappa shape index (κ1) is 16.7. The van der Waals surface area contributed by atoms with Gasteiger partial charge in [0.1, 0.15) is 5.82 Å². The van der Waals surface area contributed by atoms with Crippen LogP contribution >= 0.6 is 11.3 Å². The Morgan fingerprint density at radius 1 is 1.04 bits per heavy atom. The van der Waals surface area contributed by atoms with Gasteiger partial charge in [0.25, 0.3) is 0 Å². The second-order valence-electron chi connectivity index (χ2n) is 6.21. The molecule has 1 atom stereocenters. The summed E-state index contributed by atoms with van der Waals surface area (Å²) in [5.74, 6) is 1.01. The Hall–Kier alpha value is -2.73. The first-order chi connectivity index (χ1) is 12.8. The minimum Gasteiger partial charge on any atom is -0.308 e. The zero-order valence-corrected chi connectivity index (χ0v) is 15.0. The fraction of sp³-hybridized carbons (Fsp3) is 0.200. The van der Waals surface area contributed by atoms with Crippen LogP contribution in [0.4, 0.5) is 16.3 Å². The molecule has 1 unspecified atom stereocenters. The standard InChI is InChI=1S/C20H19N4OS/c25-20(23-16-8-2-1-3-9-16)24-18-11-10-15(12-21-18)17-13-22-19(26-17)14-6-4-5-7-14/h1-3,6,8-14H,4-5,7H2,(H2,21,23,24,25). The highest BCUT2D eigenvalue weighted by molar-refractivity contribution is 7.15. The van der Waals surface area contributed by atoms with Crippen LogP contribution in [0, 0.1) is 6.42 Å². The van der Waals surface area contributed by atoms with E-state index in [-0.39, 0.29) is 6.03 Å². The Bertz CT molecular complexity index is 870. The van der Waals surface area contributed by atoms with Gasteiger partial charge in [0.05, 0.1) is 9.88 Å². The van der Waals surface area contributed by atoms with Crippen LogP contribution in [-0.2, 0) is 0 Å². The lowest BCUT2D eigenvalue weighted by molar-refractivity contribution is 0.262. The van der Waals surface area contributed by atoms with Crippen molar-refractivity contribution in [2.75, 3.05) is 10.6 Å². The van der Waals surface area contributed by atoms with Crippen molar-refractivity contribution in [2.45, 2.75) is 25.2 Å². The Balaban J connectivity index is 1.39. The molecule has 1 aliphatic rings. The first-order valence-corrected chi connectivity index (χ1v) is 9.48. The number of carbonyl (C=O) groups is 1. The molecule has 2 N–H and O–H groups in total. The summed E-state index contributed by atoms with van der Waals surface area (Å²) in [6.07, 6.45) is 9.69. The Morgan fingerprint density at radius 2 is 1.92 bits per heavy atom. The van der Waals surface area contributed by atoms with Crippen molar-refractivity contribution in [3.63, 3.8) is 0 Å². The minimum absolute atomic E-state index is 0.312. The molecule has 1 saturated carbocycles. The number of pyridine rings is 1. The third-order valence-electron chi connectivity index (χ3n) is 4.33. The van der Waals surface area contributed by atoms with Gasteiger partial charge in [-0.1, -0.05) is 24.6 Å². The molecule has 0 aliphatic heterocycles. The van der Waals surface area contributed by atoms with Crippen LogP contribution in [-0.4, -0.2) is 16.0 Å². The van der Waals surface area contributed by atoms with Crippen LogP contribution < -0.4 is 10.6 Å². The summed E-state index contributed by atoms with van der Waals surface area (Å²) in [6, 6.07) is 12.8. The molecule has 2 heterocycles. The van der Waals surface area contributed by atoms with Gasteiger partial charge in [-0.25, -0.2) is 14.8 Å². The number of rotatable bonds is 4. The largest absolute Gasteiger partial charge is 0.324 e. The Morgan fingerprint density at radius 3 is 2.65 bits per heavy atom. The molecule has 26 heavy (non-hydrogen) atoms. The van der Waals surface area contributed by atoms with E-state index in [1.54, 1.807) is 23.6 Å². The molecule has 6 heteroatoms. The zero-order valence-electron chi connectivity index (χ0n) is 14.2. The lowest BCUT2D eigenvalue weighted by Gasteiger charge is -2.07. The SMILES string of the molecule is O=C(Nc1ccccc1)Nc1ccc(-c2cnc(C3[CH]CCC3)s2)cn1. The summed E-state index contributed by atoms with van der Waals surface area (Å²) < 4.78 is 0. The molecule has 131 valence electrons. The van der Waals surface area contributed by atoms with Crippen LogP contribution in [0.1, 0.15) is 30.2 Å². The number of hydrogen-bond donors (Lipinski definition) is 2. The van der Waals surface area contributed by atoms with Crippen molar-refractivity contribution in [3.8, 4) is 10.4 Å². The normalized spacial score (nSPS) is 14.3. The highest BCUT2D eigenvalue weighted by Crippen LogP contribution is 2.37. The van der Waals surface area contributed by atoms with Crippen LogP contribution in [0.3, 0.4) is 0 Å². The predicted octanol–water partition coefficient (Wildman–Crippen LogP) is 5.32. The number of hydrogen-bond acceptors (Lipinski definition) is 4. The van der Waals surface area contributed by atoms with Crippen LogP contribution in [0.2, 0.25) is 0 Å². The van der Waals surface area contributed by atoms with E-state index >= 15 is 0 Å². The van der Waals surface area contributed by atoms with Gasteiger partial charge in [0.2, 0.25) is 0 Å². The Labute approximate surface area is 156 Å². The second kappa shape index (κ2) is 7.66. The van der Waals surface area contributed by atoms with Crippen molar-refractivity contribution in [1.82, 2.24) is 9.97 Å². The second-order valence-corrected chi connectivity index (χ2v) is 7.28. The molecular formula is C20H19N4OS. The van der Waals surface area contributed by atoms with Crippen LogP contribution in [0.15, 0.2) is 54.9 Å². The van der Waals surface area contributed by atoms with Gasteiger partial charge < -0.3 is 5.32 Å². The number of nitrogens with zero attached hydrogens (tertiary/aromatic N) is 2. The molecular weight excluding hydrogens is 344 g/mol. The number of nitrogens with one attached hydrogen (secondary N) is 2. The van der Waals surface area contributed by atoms with E-state index in [4.69, 9.17) is 0 Å². The van der Waals surface area contributed by atoms with Gasteiger partial charge in [-0.2, -0.15) is 0 Å². The van der Waals surface area contributed by atoms with E-state index in [2.05, 4.69) is 27.0 Å². The van der Waals surface area contributed by atoms with Gasteiger partial charge in [0.15, 0.2) is 0 Å². The molecule has 1 aromatic carbocycles. The topological polar surface area (TPSA) is 66.9 Å². The van der Waals surface area contributed by atoms with Gasteiger partial charge in [0, 0.05) is 29.6 Å². The average Bonchev–Trinajstić information content (AvgIpc) is 3.35. The van der Waals surface area contributed by atoms with Gasteiger partial charge in [-0.15, -0.1) is 11.3 Å². The minimum atomic E-state index is -0.312. The van der Waals surface area contributed by atoms with Crippen molar-refractivity contribution in [3.05, 3.63) is 66.3 Å². The molecule has 3 aromatic rings. The van der Waals surface area contributed by atoms with Gasteiger partial charge in [-0.3, -0.25) is 5.32 Å². The Kier molecular flexibility index (Phi) is 4.93. The maximum absolute atomic E-state index is 12.0. The molecule has 4 rings (SSSR count). The molecule has 2 aromatic heterocycles. The molecule has 1 aliphatic carbocycles. The third kappa shape index (κ3) is 3.91. The number of aromatic nitrogens is 2. The number of urea groups is 1. The number of benzene rings is 1. The van der Waals surface area contributed by atoms with Crippen LogP contribution in [0.25, 0.3) is 10.4 Å². The van der Waals surface area contributed by atoms with Gasteiger partial charge in [-0.05, 0) is 43.5 Å². The molecule has 5 nitrogen and oxygen atoms in total. The average molecular weight is 363 g/mol. The summed E-state index contributed by atoms with van der Waals surface area (Å²) in [5.41, 5.74) is 1.75. The maximum Gasteiger partial charge on any atom is 0.324 e. The van der Waals surface area contributed by atoms with E-state index in [1.165, 1.54) is 24.3 Å². The molecule has 0 saturated heterocycles. The molecule has 0 bridgehead atoms. The van der Waals surface area contributed by atoms with E-state index in [1.807, 2.05) is 42.6 Å². The lowest BCUT2D eigenvalue weighted by Crippen LogP contribution is -2.19. The summed E-state index contributed by atoms with van der Waals surface area (Å²) in [5, 5.41) is 6.69. The molecule has 1 radical (unpaired) electrons. The number of amides is 2. The highest BCUT2D eigenvalue weighted by atomic mass is 32.1. The fourth-order valence-electron chi connectivity index (χ4n) is 3.01. The quantitative estimate of drug-likeness (QED) is 0.659. The summed E-state index contributed by atoms with van der Waals surface area (Å²) in [6.45, 7) is 0. The lowest BCUT2D eigenvalue weighted by atomic mass is 10.1. The number of carbonyl (C=O) groups excluding carboxylic acids is 1. The molecule has 2 amide bonds. The molecule has 1 fully saturated rings. The summed E-state index contributed by atoms with van der Waals surface area (Å²) in [7, 11) is 0. The monoisotopic (exact) mass is 363 g/mol. The predicted molar refractivity (Wildman–Crippen MR) is 105 cm³/mol. The van der Waals surface area contributed by atoms with Gasteiger partial charge >= 0.3 is 6.03 Å². The van der Waals surface area contributed by atoms with Crippen molar-refractivity contribution in [2.24, 2.45) is 0 Å². The van der Waals surface area contributed by atoms with E-state index in [0.29, 0.717) is 11.7 Å². The number of thiazole rings is 1. The van der Waals surface area contributed by atoms with Crippen LogP contribution in [0.5, 0.6) is 0 Å². The zero-order chi connectivity index (χ0) is 17.8. The fourth-order valence-corrected chi connectivity index (χ4v) is 4.05. The van der Waals surface area contributed by atoms with Crippen molar-refractivity contribution in [1.29, 1.82) is 0 Å². The number of anilines is 2. The summed E-state index contributed by atoms with van der Waals surface area (Å²) >= 11 is 1.72. The van der Waals surface area contributed by atoms with E-state index in [0.717, 1.165) is 16.1 Å². The molecule has 0 spiro atoms. The highest BCUT2D eigenvalue weighted by Gasteiger charge is 2.20. The van der Waals surface area contributed by atoms with Crippen molar-refractivity contribution >= 4 is 28.9 Å². The summed E-state index contributed by atoms with van der Waals surface area (Å²) in [4.78, 5) is 22.0. The third-order valence-corrected chi connectivity index (χ3v) is 5.51.